The van der Waals surface area contributed by atoms with E-state index in [2.05, 4.69) is 0 Å². The Balaban J connectivity index is 2.41. The van der Waals surface area contributed by atoms with Crippen molar-refractivity contribution in [1.82, 2.24) is 0 Å². The molecule has 0 aliphatic heterocycles. The number of nitrogens with zero attached hydrogens (tertiary/aromatic N) is 2. The van der Waals surface area contributed by atoms with Crippen molar-refractivity contribution in [2.24, 2.45) is 5.92 Å². The van der Waals surface area contributed by atoms with Crippen LogP contribution in [0.3, 0.4) is 0 Å². The van der Waals surface area contributed by atoms with Crippen LogP contribution in [-0.2, 0) is 5.41 Å². The Morgan fingerprint density at radius 2 is 1.34 bits per heavy atom. The first-order valence-corrected chi connectivity index (χ1v) is 9.19. The van der Waals surface area contributed by atoms with Crippen LogP contribution in [0.4, 0.5) is 33.3 Å². The second kappa shape index (κ2) is 7.88. The van der Waals surface area contributed by atoms with Gasteiger partial charge in [0.1, 0.15) is 11.6 Å². The fraction of sp³-hybridized carbons (Fsp3) is 0.368. The summed E-state index contributed by atoms with van der Waals surface area (Å²) >= 11 is 0. The summed E-state index contributed by atoms with van der Waals surface area (Å²) < 4.78 is 69.3. The van der Waals surface area contributed by atoms with Crippen molar-refractivity contribution >= 4 is 11.4 Å². The lowest BCUT2D eigenvalue weighted by Crippen LogP contribution is -2.39. The number of halogens is 5. The Bertz CT molecular complexity index is 1040. The molecule has 1 fully saturated rings. The first kappa shape index (κ1) is 23.2. The van der Waals surface area contributed by atoms with E-state index in [-0.39, 0.29) is 19.3 Å². The number of rotatable bonds is 4. The smallest absolute Gasteiger partial charge is 0.391 e. The van der Waals surface area contributed by atoms with Gasteiger partial charge in [0.25, 0.3) is 0 Å². The highest BCUT2D eigenvalue weighted by molar-refractivity contribution is 5.62. The maximum Gasteiger partial charge on any atom is 0.391 e. The van der Waals surface area contributed by atoms with Gasteiger partial charge in [-0.25, -0.2) is 8.78 Å². The molecule has 0 bridgehead atoms. The van der Waals surface area contributed by atoms with Crippen molar-refractivity contribution in [3.63, 3.8) is 0 Å². The number of hydrogen-bond acceptors (Lipinski definition) is 6. The molecule has 0 amide bonds. The number of nitro benzene ring substituents is 2. The number of phenols is 2. The van der Waals surface area contributed by atoms with Gasteiger partial charge >= 0.3 is 17.6 Å². The largest absolute Gasteiger partial charge is 0.502 e. The summed E-state index contributed by atoms with van der Waals surface area (Å²) in [5.74, 6) is -6.97. The summed E-state index contributed by atoms with van der Waals surface area (Å²) in [5.41, 5.74) is -5.91. The standard InChI is InChI=1S/C19H15F5N2O6/c20-10-4-12(16(27)14(6-10)25(29)30)18(3-1-2-9(8-18)19(22,23)24)13-5-11(21)7-15(17(13)28)26(31)32/h4-7,9,27-28H,1-3,8H2. The Labute approximate surface area is 176 Å². The van der Waals surface area contributed by atoms with Crippen LogP contribution >= 0.6 is 0 Å². The molecule has 2 aromatic carbocycles. The van der Waals surface area contributed by atoms with Gasteiger partial charge in [0, 0.05) is 16.5 Å². The third-order valence-corrected chi connectivity index (χ3v) is 5.75. The van der Waals surface area contributed by atoms with Crippen molar-refractivity contribution in [3.05, 3.63) is 67.3 Å². The fourth-order valence-corrected chi connectivity index (χ4v) is 4.37. The second-order valence-corrected chi connectivity index (χ2v) is 7.57. The van der Waals surface area contributed by atoms with Crippen molar-refractivity contribution in [1.29, 1.82) is 0 Å². The predicted octanol–water partition coefficient (Wildman–Crippen LogP) is 5.23. The lowest BCUT2D eigenvalue weighted by atomic mass is 9.61. The molecule has 0 radical (unpaired) electrons. The first-order chi connectivity index (χ1) is 14.8. The number of hydrogen-bond donors (Lipinski definition) is 2. The molecule has 1 atom stereocenters. The van der Waals surface area contributed by atoms with Crippen LogP contribution in [0.1, 0.15) is 36.8 Å². The van der Waals surface area contributed by atoms with Crippen molar-refractivity contribution in [2.45, 2.75) is 37.3 Å². The number of benzene rings is 2. The zero-order valence-electron chi connectivity index (χ0n) is 16.0. The van der Waals surface area contributed by atoms with Crippen LogP contribution in [0.15, 0.2) is 24.3 Å². The van der Waals surface area contributed by atoms with E-state index in [1.807, 2.05) is 0 Å². The highest BCUT2D eigenvalue weighted by atomic mass is 19.4. The fourth-order valence-electron chi connectivity index (χ4n) is 4.37. The van der Waals surface area contributed by atoms with Crippen molar-refractivity contribution in [3.8, 4) is 11.5 Å². The number of alkyl halides is 3. The topological polar surface area (TPSA) is 127 Å². The summed E-state index contributed by atoms with van der Waals surface area (Å²) in [5, 5.41) is 43.5. The van der Waals surface area contributed by atoms with Gasteiger partial charge in [0.2, 0.25) is 0 Å². The molecule has 8 nitrogen and oxygen atoms in total. The average molecular weight is 462 g/mol. The van der Waals surface area contributed by atoms with Crippen LogP contribution in [-0.4, -0.2) is 26.2 Å². The second-order valence-electron chi connectivity index (χ2n) is 7.57. The molecule has 0 saturated heterocycles. The van der Waals surface area contributed by atoms with E-state index in [1.54, 1.807) is 0 Å². The summed E-state index contributed by atoms with van der Waals surface area (Å²) in [7, 11) is 0. The minimum Gasteiger partial charge on any atom is -0.502 e. The van der Waals surface area contributed by atoms with Gasteiger partial charge in [0.15, 0.2) is 11.5 Å². The number of nitro groups is 2. The van der Waals surface area contributed by atoms with Gasteiger partial charge in [-0.15, -0.1) is 0 Å². The molecule has 32 heavy (non-hydrogen) atoms. The molecule has 0 heterocycles. The lowest BCUT2D eigenvalue weighted by molar-refractivity contribution is -0.386. The molecule has 2 aromatic rings. The van der Waals surface area contributed by atoms with Gasteiger partial charge in [-0.3, -0.25) is 20.2 Å². The minimum atomic E-state index is -4.78. The Morgan fingerprint density at radius 1 is 0.906 bits per heavy atom. The van der Waals surface area contributed by atoms with Crippen LogP contribution in [0.25, 0.3) is 0 Å². The van der Waals surface area contributed by atoms with E-state index in [4.69, 9.17) is 0 Å². The van der Waals surface area contributed by atoms with Crippen molar-refractivity contribution < 1.29 is 42.0 Å². The molecule has 13 heteroatoms. The third-order valence-electron chi connectivity index (χ3n) is 5.75. The normalized spacial score (nSPS) is 18.3. The van der Waals surface area contributed by atoms with E-state index in [0.717, 1.165) is 0 Å². The SMILES string of the molecule is O=[N+]([O-])c1cc(F)cc(C2(c3cc(F)cc([N+](=O)[O-])c3O)CCCC(C(F)(F)F)C2)c1O. The summed E-state index contributed by atoms with van der Waals surface area (Å²) in [6.07, 6.45) is -6.67. The molecule has 1 saturated carbocycles. The number of aromatic hydroxyl groups is 2. The van der Waals surface area contributed by atoms with E-state index >= 15 is 0 Å². The quantitative estimate of drug-likeness (QED) is 0.364. The average Bonchev–Trinajstić information content (AvgIpc) is 2.69. The highest BCUT2D eigenvalue weighted by Crippen LogP contribution is 2.56. The van der Waals surface area contributed by atoms with Crippen LogP contribution in [0, 0.1) is 37.8 Å². The Kier molecular flexibility index (Phi) is 5.70. The third kappa shape index (κ3) is 3.89. The molecule has 1 aliphatic rings. The lowest BCUT2D eigenvalue weighted by Gasteiger charge is -2.42. The van der Waals surface area contributed by atoms with Gasteiger partial charge in [0.05, 0.1) is 27.9 Å². The van der Waals surface area contributed by atoms with Crippen LogP contribution < -0.4 is 0 Å². The zero-order valence-corrected chi connectivity index (χ0v) is 16.0. The van der Waals surface area contributed by atoms with Crippen LogP contribution in [0.5, 0.6) is 11.5 Å². The van der Waals surface area contributed by atoms with Gasteiger partial charge in [-0.05, 0) is 31.4 Å². The zero-order chi connectivity index (χ0) is 24.0. The molecular weight excluding hydrogens is 447 g/mol. The Morgan fingerprint density at radius 3 is 1.72 bits per heavy atom. The van der Waals surface area contributed by atoms with Gasteiger partial charge in [-0.1, -0.05) is 6.42 Å². The van der Waals surface area contributed by atoms with E-state index in [9.17, 15) is 52.4 Å². The molecule has 3 rings (SSSR count). The Hall–Kier alpha value is -3.51. The maximum atomic E-state index is 14.2. The molecule has 172 valence electrons. The maximum absolute atomic E-state index is 14.2. The summed E-state index contributed by atoms with van der Waals surface area (Å²) in [6.45, 7) is 0. The molecular formula is C19H15F5N2O6. The molecule has 1 aliphatic carbocycles. The van der Waals surface area contributed by atoms with Gasteiger partial charge < -0.3 is 10.2 Å². The van der Waals surface area contributed by atoms with E-state index in [0.29, 0.717) is 24.3 Å². The van der Waals surface area contributed by atoms with Crippen LogP contribution in [0.2, 0.25) is 0 Å². The number of phenolic OH excluding ortho intramolecular Hbond substituents is 2. The summed E-state index contributed by atoms with van der Waals surface area (Å²) in [4.78, 5) is 20.2. The van der Waals surface area contributed by atoms with E-state index < -0.39 is 79.4 Å². The molecule has 0 spiro atoms. The molecule has 0 aromatic heterocycles. The minimum absolute atomic E-state index is 0.211. The van der Waals surface area contributed by atoms with Gasteiger partial charge in [-0.2, -0.15) is 13.2 Å². The molecule has 1 unspecified atom stereocenters. The highest BCUT2D eigenvalue weighted by Gasteiger charge is 2.52. The van der Waals surface area contributed by atoms with Crippen molar-refractivity contribution in [2.75, 3.05) is 0 Å². The first-order valence-electron chi connectivity index (χ1n) is 9.19. The predicted molar refractivity (Wildman–Crippen MR) is 98.2 cm³/mol. The monoisotopic (exact) mass is 462 g/mol. The van der Waals surface area contributed by atoms with E-state index in [1.165, 1.54) is 0 Å². The molecule has 2 N–H and O–H groups in total. The summed E-state index contributed by atoms with van der Waals surface area (Å²) in [6, 6.07) is 1.81.